The highest BCUT2D eigenvalue weighted by Crippen LogP contribution is 2.26. The van der Waals surface area contributed by atoms with Crippen LogP contribution in [0, 0.1) is 0 Å². The van der Waals surface area contributed by atoms with Crippen molar-refractivity contribution in [1.29, 1.82) is 0 Å². The summed E-state index contributed by atoms with van der Waals surface area (Å²) in [6.45, 7) is 0.942. The van der Waals surface area contributed by atoms with Gasteiger partial charge in [-0.3, -0.25) is 4.79 Å². The Hall–Kier alpha value is -2.28. The lowest BCUT2D eigenvalue weighted by Crippen LogP contribution is -2.31. The fourth-order valence-electron chi connectivity index (χ4n) is 2.86. The van der Waals surface area contributed by atoms with Crippen molar-refractivity contribution in [3.05, 3.63) is 58.1 Å². The van der Waals surface area contributed by atoms with E-state index in [2.05, 4.69) is 10.6 Å². The molecule has 0 spiro atoms. The van der Waals surface area contributed by atoms with Crippen LogP contribution < -0.4 is 10.6 Å². The number of carbonyl (C=O) groups is 2. The quantitative estimate of drug-likeness (QED) is 0.729. The molecule has 1 saturated heterocycles. The van der Waals surface area contributed by atoms with Crippen molar-refractivity contribution >= 4 is 46.5 Å². The lowest BCUT2D eigenvalue weighted by molar-refractivity contribution is -0.124. The molecule has 1 aliphatic heterocycles. The summed E-state index contributed by atoms with van der Waals surface area (Å²) in [6.07, 6.45) is 1.26. The van der Waals surface area contributed by atoms with Crippen LogP contribution in [0.2, 0.25) is 10.0 Å². The predicted molar refractivity (Wildman–Crippen MR) is 111 cm³/mol. The molecule has 8 heteroatoms. The fourth-order valence-corrected chi connectivity index (χ4v) is 3.24. The molecule has 28 heavy (non-hydrogen) atoms. The minimum absolute atomic E-state index is 0.146. The van der Waals surface area contributed by atoms with Crippen LogP contribution in [-0.2, 0) is 16.1 Å². The maximum atomic E-state index is 12.4. The van der Waals surface area contributed by atoms with Gasteiger partial charge in [0.1, 0.15) is 6.10 Å². The van der Waals surface area contributed by atoms with Gasteiger partial charge < -0.3 is 20.3 Å². The SMILES string of the molecule is CN(Cc1cccc(Cl)c1Cl)C(=O)Nc1ccc(NC(=O)C2CCCO2)cc1. The molecule has 1 fully saturated rings. The van der Waals surface area contributed by atoms with Crippen LogP contribution in [0.25, 0.3) is 0 Å². The summed E-state index contributed by atoms with van der Waals surface area (Å²) < 4.78 is 5.36. The number of nitrogens with zero attached hydrogens (tertiary/aromatic N) is 1. The zero-order valence-corrected chi connectivity index (χ0v) is 16.9. The molecule has 0 saturated carbocycles. The molecule has 3 rings (SSSR count). The fraction of sp³-hybridized carbons (Fsp3) is 0.300. The Morgan fingerprint density at radius 3 is 2.43 bits per heavy atom. The van der Waals surface area contributed by atoms with Crippen molar-refractivity contribution in [3.63, 3.8) is 0 Å². The number of halogens is 2. The molecule has 148 valence electrons. The summed E-state index contributed by atoms with van der Waals surface area (Å²) >= 11 is 12.2. The predicted octanol–water partition coefficient (Wildman–Crippen LogP) is 4.77. The highest BCUT2D eigenvalue weighted by atomic mass is 35.5. The van der Waals surface area contributed by atoms with Crippen LogP contribution >= 0.6 is 23.2 Å². The minimum Gasteiger partial charge on any atom is -0.368 e. The molecular weight excluding hydrogens is 401 g/mol. The zero-order valence-electron chi connectivity index (χ0n) is 15.4. The molecule has 3 amide bonds. The topological polar surface area (TPSA) is 70.7 Å². The normalized spacial score (nSPS) is 15.9. The third kappa shape index (κ3) is 5.16. The van der Waals surface area contributed by atoms with E-state index in [0.29, 0.717) is 34.6 Å². The van der Waals surface area contributed by atoms with Crippen LogP contribution in [0.5, 0.6) is 0 Å². The van der Waals surface area contributed by atoms with Crippen molar-refractivity contribution in [2.75, 3.05) is 24.3 Å². The average molecular weight is 422 g/mol. The maximum Gasteiger partial charge on any atom is 0.321 e. The molecule has 1 heterocycles. The van der Waals surface area contributed by atoms with Crippen LogP contribution in [0.3, 0.4) is 0 Å². The molecular formula is C20H21Cl2N3O3. The van der Waals surface area contributed by atoms with Crippen molar-refractivity contribution in [3.8, 4) is 0 Å². The van der Waals surface area contributed by atoms with Gasteiger partial charge >= 0.3 is 6.03 Å². The van der Waals surface area contributed by atoms with Crippen LogP contribution in [0.15, 0.2) is 42.5 Å². The Morgan fingerprint density at radius 2 is 1.79 bits per heavy atom. The molecule has 1 aliphatic rings. The van der Waals surface area contributed by atoms with E-state index in [1.165, 1.54) is 4.90 Å². The van der Waals surface area contributed by atoms with Crippen LogP contribution in [0.1, 0.15) is 18.4 Å². The monoisotopic (exact) mass is 421 g/mol. The van der Waals surface area contributed by atoms with E-state index in [9.17, 15) is 9.59 Å². The number of anilines is 2. The van der Waals surface area contributed by atoms with Crippen molar-refractivity contribution in [2.24, 2.45) is 0 Å². The molecule has 1 unspecified atom stereocenters. The smallest absolute Gasteiger partial charge is 0.321 e. The van der Waals surface area contributed by atoms with Gasteiger partial charge in [-0.05, 0) is 48.7 Å². The first-order chi connectivity index (χ1) is 13.4. The van der Waals surface area contributed by atoms with Gasteiger partial charge in [0.25, 0.3) is 5.91 Å². The summed E-state index contributed by atoms with van der Waals surface area (Å²) in [5.74, 6) is -0.146. The lowest BCUT2D eigenvalue weighted by Gasteiger charge is -2.19. The van der Waals surface area contributed by atoms with E-state index in [0.717, 1.165) is 18.4 Å². The lowest BCUT2D eigenvalue weighted by atomic mass is 10.2. The summed E-state index contributed by atoms with van der Waals surface area (Å²) in [6, 6.07) is 11.9. The first kappa shape index (κ1) is 20.5. The molecule has 0 aromatic heterocycles. The molecule has 0 bridgehead atoms. The van der Waals surface area contributed by atoms with E-state index in [1.54, 1.807) is 43.4 Å². The Morgan fingerprint density at radius 1 is 1.11 bits per heavy atom. The maximum absolute atomic E-state index is 12.4. The molecule has 2 aromatic rings. The Kier molecular flexibility index (Phi) is 6.78. The second kappa shape index (κ2) is 9.28. The van der Waals surface area contributed by atoms with Crippen molar-refractivity contribution < 1.29 is 14.3 Å². The zero-order chi connectivity index (χ0) is 20.1. The highest BCUT2D eigenvalue weighted by molar-refractivity contribution is 6.42. The molecule has 6 nitrogen and oxygen atoms in total. The van der Waals surface area contributed by atoms with Crippen molar-refractivity contribution in [1.82, 2.24) is 4.90 Å². The van der Waals surface area contributed by atoms with E-state index in [4.69, 9.17) is 27.9 Å². The third-order valence-electron chi connectivity index (χ3n) is 4.41. The van der Waals surface area contributed by atoms with Crippen LogP contribution in [-0.4, -0.2) is 36.6 Å². The molecule has 0 aliphatic carbocycles. The van der Waals surface area contributed by atoms with E-state index in [1.807, 2.05) is 6.07 Å². The van der Waals surface area contributed by atoms with Gasteiger partial charge in [-0.25, -0.2) is 4.79 Å². The summed E-state index contributed by atoms with van der Waals surface area (Å²) in [4.78, 5) is 26.0. The first-order valence-corrected chi connectivity index (χ1v) is 9.67. The largest absolute Gasteiger partial charge is 0.368 e. The number of benzene rings is 2. The van der Waals surface area contributed by atoms with Gasteiger partial charge in [-0.2, -0.15) is 0 Å². The van der Waals surface area contributed by atoms with Crippen LogP contribution in [0.4, 0.5) is 16.2 Å². The number of amides is 3. The second-order valence-electron chi connectivity index (χ2n) is 6.57. The number of nitrogens with one attached hydrogen (secondary N) is 2. The molecule has 1 atom stereocenters. The van der Waals surface area contributed by atoms with E-state index < -0.39 is 0 Å². The number of hydrogen-bond acceptors (Lipinski definition) is 3. The van der Waals surface area contributed by atoms with Gasteiger partial charge in [0.15, 0.2) is 0 Å². The van der Waals surface area contributed by atoms with Gasteiger partial charge in [0, 0.05) is 31.6 Å². The Labute approximate surface area is 173 Å². The first-order valence-electron chi connectivity index (χ1n) is 8.91. The third-order valence-corrected chi connectivity index (χ3v) is 5.27. The minimum atomic E-state index is -0.383. The van der Waals surface area contributed by atoms with Gasteiger partial charge in [-0.15, -0.1) is 0 Å². The summed E-state index contributed by atoms with van der Waals surface area (Å²) in [5, 5.41) is 6.51. The molecule has 2 N–H and O–H groups in total. The number of rotatable bonds is 5. The standard InChI is InChI=1S/C20H21Cl2N3O3/c1-25(12-13-4-2-5-16(21)18(13)22)20(27)24-15-9-7-14(8-10-15)23-19(26)17-6-3-11-28-17/h2,4-5,7-10,17H,3,6,11-12H2,1H3,(H,23,26)(H,24,27). The van der Waals surface area contributed by atoms with E-state index in [-0.39, 0.29) is 18.0 Å². The number of hydrogen-bond donors (Lipinski definition) is 2. The van der Waals surface area contributed by atoms with Gasteiger partial charge in [-0.1, -0.05) is 35.3 Å². The van der Waals surface area contributed by atoms with E-state index >= 15 is 0 Å². The van der Waals surface area contributed by atoms with Gasteiger partial charge in [0.05, 0.1) is 10.0 Å². The second-order valence-corrected chi connectivity index (χ2v) is 7.35. The highest BCUT2D eigenvalue weighted by Gasteiger charge is 2.23. The molecule has 0 radical (unpaired) electrons. The Balaban J connectivity index is 1.54. The van der Waals surface area contributed by atoms with Gasteiger partial charge in [0.2, 0.25) is 0 Å². The number of carbonyl (C=O) groups excluding carboxylic acids is 2. The summed E-state index contributed by atoms with van der Waals surface area (Å²) in [5.41, 5.74) is 2.03. The molecule has 2 aromatic carbocycles. The van der Waals surface area contributed by atoms with Crippen molar-refractivity contribution in [2.45, 2.75) is 25.5 Å². The average Bonchev–Trinajstić information content (AvgIpc) is 3.22. The number of urea groups is 1. The Bertz CT molecular complexity index is 852. The summed E-state index contributed by atoms with van der Waals surface area (Å²) in [7, 11) is 1.67. The number of ether oxygens (including phenoxy) is 1.